The van der Waals surface area contributed by atoms with Crippen LogP contribution >= 0.6 is 40.2 Å². The van der Waals surface area contributed by atoms with Gasteiger partial charge in [0.1, 0.15) is 5.69 Å². The second kappa shape index (κ2) is 7.91. The highest BCUT2D eigenvalue weighted by Gasteiger charge is 2.27. The summed E-state index contributed by atoms with van der Waals surface area (Å²) in [4.78, 5) is 17.9. The number of aromatic nitrogens is 1. The molecule has 1 aromatic heterocycles. The molecule has 2 heterocycles. The highest BCUT2D eigenvalue weighted by atomic mass is 79.9. The Morgan fingerprint density at radius 3 is 2.76 bits per heavy atom. The molecule has 0 spiro atoms. The molecule has 1 saturated heterocycles. The van der Waals surface area contributed by atoms with E-state index in [1.54, 1.807) is 6.92 Å². The van der Waals surface area contributed by atoms with Crippen molar-refractivity contribution in [1.82, 2.24) is 15.6 Å². The molecular weight excluding hydrogens is 383 g/mol. The molecule has 0 unspecified atom stereocenters. The van der Waals surface area contributed by atoms with Gasteiger partial charge in [-0.05, 0) is 25.4 Å². The van der Waals surface area contributed by atoms with Crippen molar-refractivity contribution in [2.75, 3.05) is 13.1 Å². The van der Waals surface area contributed by atoms with Crippen LogP contribution in [0.4, 0.5) is 0 Å². The van der Waals surface area contributed by atoms with Crippen LogP contribution in [-0.4, -0.2) is 36.1 Å². The molecule has 1 fully saturated rings. The number of piperidine rings is 1. The van der Waals surface area contributed by atoms with Crippen LogP contribution < -0.4 is 10.6 Å². The van der Waals surface area contributed by atoms with Gasteiger partial charge in [-0.25, -0.2) is 0 Å². The molecule has 2 atom stereocenters. The zero-order valence-corrected chi connectivity index (χ0v) is 14.4. The number of azide groups is 1. The first kappa shape index (κ1) is 18.1. The topological polar surface area (TPSA) is 106 Å². The number of hydrogen-bond donors (Lipinski definition) is 3. The van der Waals surface area contributed by atoms with Crippen LogP contribution in [0.5, 0.6) is 0 Å². The predicted octanol–water partition coefficient (Wildman–Crippen LogP) is 2.98. The second-order valence-electron chi connectivity index (χ2n) is 4.60. The van der Waals surface area contributed by atoms with E-state index in [0.29, 0.717) is 23.7 Å². The third kappa shape index (κ3) is 4.05. The lowest BCUT2D eigenvalue weighted by Gasteiger charge is -2.29. The van der Waals surface area contributed by atoms with Crippen LogP contribution in [0.2, 0.25) is 10.0 Å². The largest absolute Gasteiger partial charge is 0.352 e. The van der Waals surface area contributed by atoms with Crippen molar-refractivity contribution in [3.8, 4) is 0 Å². The van der Waals surface area contributed by atoms with E-state index in [1.807, 2.05) is 0 Å². The van der Waals surface area contributed by atoms with Crippen molar-refractivity contribution < 1.29 is 4.79 Å². The summed E-state index contributed by atoms with van der Waals surface area (Å²) in [5.41, 5.74) is 9.41. The van der Waals surface area contributed by atoms with Gasteiger partial charge in [0.25, 0.3) is 5.91 Å². The fraction of sp³-hybridized carbons (Fsp3) is 0.545. The van der Waals surface area contributed by atoms with Gasteiger partial charge in [-0.1, -0.05) is 28.3 Å². The molecule has 116 valence electrons. The van der Waals surface area contributed by atoms with E-state index in [0.717, 1.165) is 6.54 Å². The summed E-state index contributed by atoms with van der Waals surface area (Å²) in [6.45, 7) is 3.02. The van der Waals surface area contributed by atoms with Crippen LogP contribution in [0, 0.1) is 6.92 Å². The summed E-state index contributed by atoms with van der Waals surface area (Å²) >= 11 is 11.9. The highest BCUT2D eigenvalue weighted by Crippen LogP contribution is 2.29. The maximum atomic E-state index is 12.2. The number of H-pyrrole nitrogens is 1. The fourth-order valence-electron chi connectivity index (χ4n) is 2.17. The monoisotopic (exact) mass is 396 g/mol. The van der Waals surface area contributed by atoms with Gasteiger partial charge in [-0.2, -0.15) is 0 Å². The Hall–Kier alpha value is -0.920. The lowest BCUT2D eigenvalue weighted by atomic mass is 10.0. The van der Waals surface area contributed by atoms with Gasteiger partial charge in [0.2, 0.25) is 0 Å². The number of hydrogen-bond acceptors (Lipinski definition) is 3. The molecule has 1 aliphatic heterocycles. The maximum absolute atomic E-state index is 12.2. The average Bonchev–Trinajstić information content (AvgIpc) is 2.69. The van der Waals surface area contributed by atoms with Crippen molar-refractivity contribution in [2.24, 2.45) is 5.11 Å². The molecule has 3 N–H and O–H groups in total. The first-order valence-corrected chi connectivity index (χ1v) is 6.89. The van der Waals surface area contributed by atoms with Gasteiger partial charge in [0.15, 0.2) is 0 Å². The number of nitrogens with one attached hydrogen (secondary N) is 3. The van der Waals surface area contributed by atoms with Gasteiger partial charge in [0.05, 0.1) is 16.1 Å². The van der Waals surface area contributed by atoms with E-state index in [1.165, 1.54) is 0 Å². The number of halogens is 3. The van der Waals surface area contributed by atoms with Crippen molar-refractivity contribution in [2.45, 2.75) is 25.4 Å². The summed E-state index contributed by atoms with van der Waals surface area (Å²) in [7, 11) is 0. The molecule has 7 nitrogen and oxygen atoms in total. The van der Waals surface area contributed by atoms with E-state index in [4.69, 9.17) is 28.7 Å². The SMILES string of the molecule is Br.Cc1[nH]c(C(=O)N[C@@H]2CCNC[C@@H]2N=[N+]=[N-])c(Cl)c1Cl. The molecule has 0 aromatic carbocycles. The van der Waals surface area contributed by atoms with E-state index in [9.17, 15) is 4.79 Å². The van der Waals surface area contributed by atoms with Gasteiger partial charge < -0.3 is 15.6 Å². The standard InChI is InChI=1S/C11H14Cl2N6O.BrH/c1-5-8(12)9(13)10(16-5)11(20)17-6-2-3-15-4-7(6)18-19-14;/h6-7,15-16H,2-4H2,1H3,(H,17,20);1H/t6-,7+;/m1./s1. The number of amides is 1. The molecule has 1 amide bonds. The molecule has 0 bridgehead atoms. The van der Waals surface area contributed by atoms with Crippen molar-refractivity contribution >= 4 is 46.1 Å². The second-order valence-corrected chi connectivity index (χ2v) is 5.35. The third-order valence-corrected chi connectivity index (χ3v) is 4.19. The van der Waals surface area contributed by atoms with Crippen LogP contribution in [0.3, 0.4) is 0 Å². The smallest absolute Gasteiger partial charge is 0.269 e. The van der Waals surface area contributed by atoms with Crippen LogP contribution in [0.15, 0.2) is 5.11 Å². The lowest BCUT2D eigenvalue weighted by molar-refractivity contribution is 0.0919. The number of aromatic amines is 1. The third-order valence-electron chi connectivity index (χ3n) is 3.25. The summed E-state index contributed by atoms with van der Waals surface area (Å²) < 4.78 is 0. The normalized spacial score (nSPS) is 21.1. The van der Waals surface area contributed by atoms with Crippen LogP contribution in [-0.2, 0) is 0 Å². The number of aryl methyl sites for hydroxylation is 1. The molecule has 2 rings (SSSR count). The Balaban J connectivity index is 0.00000220. The zero-order valence-electron chi connectivity index (χ0n) is 11.2. The Morgan fingerprint density at radius 2 is 2.19 bits per heavy atom. The molecule has 21 heavy (non-hydrogen) atoms. The summed E-state index contributed by atoms with van der Waals surface area (Å²) in [5, 5.41) is 10.2. The number of carbonyl (C=O) groups excluding carboxylic acids is 1. The Bertz CT molecular complexity index is 571. The maximum Gasteiger partial charge on any atom is 0.269 e. The number of nitrogens with zero attached hydrogens (tertiary/aromatic N) is 3. The van der Waals surface area contributed by atoms with Crippen LogP contribution in [0.1, 0.15) is 22.6 Å². The number of rotatable bonds is 3. The van der Waals surface area contributed by atoms with E-state index < -0.39 is 0 Å². The molecule has 10 heteroatoms. The number of carbonyl (C=O) groups is 1. The van der Waals surface area contributed by atoms with Gasteiger partial charge >= 0.3 is 0 Å². The zero-order chi connectivity index (χ0) is 14.7. The van der Waals surface area contributed by atoms with E-state index in [-0.39, 0.29) is 45.7 Å². The van der Waals surface area contributed by atoms with E-state index in [2.05, 4.69) is 25.6 Å². The molecular formula is C11H15BrCl2N6O. The average molecular weight is 398 g/mol. The van der Waals surface area contributed by atoms with E-state index >= 15 is 0 Å². The van der Waals surface area contributed by atoms with Crippen molar-refractivity contribution in [3.05, 3.63) is 31.9 Å². The minimum Gasteiger partial charge on any atom is -0.352 e. The van der Waals surface area contributed by atoms with Gasteiger partial charge in [0, 0.05) is 23.2 Å². The van der Waals surface area contributed by atoms with Crippen LogP contribution in [0.25, 0.3) is 10.4 Å². The van der Waals surface area contributed by atoms with Gasteiger partial charge in [-0.15, -0.1) is 17.0 Å². The molecule has 0 aliphatic carbocycles. The summed E-state index contributed by atoms with van der Waals surface area (Å²) in [6.07, 6.45) is 0.681. The van der Waals surface area contributed by atoms with Crippen molar-refractivity contribution in [3.63, 3.8) is 0 Å². The molecule has 1 aliphatic rings. The Kier molecular flexibility index (Phi) is 6.83. The lowest BCUT2D eigenvalue weighted by Crippen LogP contribution is -2.51. The fourth-order valence-corrected chi connectivity index (χ4v) is 2.58. The highest BCUT2D eigenvalue weighted by molar-refractivity contribution is 8.93. The van der Waals surface area contributed by atoms with Gasteiger partial charge in [-0.3, -0.25) is 4.79 Å². The minimum absolute atomic E-state index is 0. The first-order chi connectivity index (χ1) is 9.54. The molecule has 1 aromatic rings. The molecule has 0 saturated carbocycles. The molecule has 0 radical (unpaired) electrons. The van der Waals surface area contributed by atoms with Crippen molar-refractivity contribution in [1.29, 1.82) is 0 Å². The first-order valence-electron chi connectivity index (χ1n) is 6.14. The summed E-state index contributed by atoms with van der Waals surface area (Å²) in [6, 6.07) is -0.541. The predicted molar refractivity (Wildman–Crippen MR) is 87.5 cm³/mol. The Morgan fingerprint density at radius 1 is 1.48 bits per heavy atom. The minimum atomic E-state index is -0.352. The Labute approximate surface area is 142 Å². The quantitative estimate of drug-likeness (QED) is 0.414. The summed E-state index contributed by atoms with van der Waals surface area (Å²) in [5.74, 6) is -0.352.